The number of hydrogen-bond donors (Lipinski definition) is 0. The molecule has 0 spiro atoms. The predicted molar refractivity (Wildman–Crippen MR) is 151 cm³/mol. The number of benzene rings is 3. The van der Waals surface area contributed by atoms with Crippen LogP contribution in [0.15, 0.2) is 66.7 Å². The Morgan fingerprint density at radius 2 is 1.44 bits per heavy atom. The number of allylic oxidation sites excluding steroid dienone is 1. The minimum atomic E-state index is -0.0551. The molecule has 0 amide bonds. The predicted octanol–water partition coefficient (Wildman–Crippen LogP) is 6.08. The summed E-state index contributed by atoms with van der Waals surface area (Å²) < 4.78 is 8.33. The van der Waals surface area contributed by atoms with Gasteiger partial charge in [-0.25, -0.2) is 0 Å². The van der Waals surface area contributed by atoms with Crippen LogP contribution in [0.5, 0.6) is 5.75 Å². The molecule has 2 nitrogen and oxygen atoms in total. The van der Waals surface area contributed by atoms with E-state index in [9.17, 15) is 0 Å². The van der Waals surface area contributed by atoms with Crippen molar-refractivity contribution in [2.75, 3.05) is 13.7 Å². The lowest BCUT2D eigenvalue weighted by atomic mass is 9.79. The maximum Gasteiger partial charge on any atom is 0.210 e. The van der Waals surface area contributed by atoms with Gasteiger partial charge in [-0.15, -0.1) is 0 Å². The Morgan fingerprint density at radius 1 is 0.778 bits per heavy atom. The number of rotatable bonds is 12. The zero-order chi connectivity index (χ0) is 24.7. The maximum atomic E-state index is 5.98. The summed E-state index contributed by atoms with van der Waals surface area (Å²) >= 11 is 0. The van der Waals surface area contributed by atoms with Crippen LogP contribution in [0.4, 0.5) is 5.69 Å². The highest BCUT2D eigenvalue weighted by atomic mass is 127. The normalized spacial score (nSPS) is 14.3. The minimum Gasteiger partial charge on any atom is -1.00 e. The molecule has 3 aromatic rings. The van der Waals surface area contributed by atoms with E-state index in [2.05, 4.69) is 105 Å². The van der Waals surface area contributed by atoms with Crippen molar-refractivity contribution in [1.82, 2.24) is 0 Å². The molecular formula is C33H42INO. The van der Waals surface area contributed by atoms with Gasteiger partial charge < -0.3 is 28.7 Å². The van der Waals surface area contributed by atoms with Crippen molar-refractivity contribution in [3.8, 4) is 5.75 Å². The first kappa shape index (κ1) is 28.4. The molecule has 0 aromatic heterocycles. The lowest BCUT2D eigenvalue weighted by Gasteiger charge is -2.17. The van der Waals surface area contributed by atoms with Crippen LogP contribution < -0.4 is 28.7 Å². The van der Waals surface area contributed by atoms with Crippen molar-refractivity contribution >= 4 is 28.2 Å². The lowest BCUT2D eigenvalue weighted by Crippen LogP contribution is -3.00. The van der Waals surface area contributed by atoms with Gasteiger partial charge in [0, 0.05) is 17.7 Å². The molecule has 0 N–H and O–H groups in total. The second-order valence-electron chi connectivity index (χ2n) is 10.5. The summed E-state index contributed by atoms with van der Waals surface area (Å²) in [4.78, 5) is 0. The molecule has 3 heteroatoms. The summed E-state index contributed by atoms with van der Waals surface area (Å²) in [7, 11) is 2.18. The number of ether oxygens (including phenoxy) is 1. The van der Waals surface area contributed by atoms with E-state index in [4.69, 9.17) is 4.74 Å². The SMILES string of the molecule is CCCCCCCCCCOc1ccc(/C=C/C2=[N+](C)c3ccc4ccccc4c3C2(C)C)cc1.[I-]. The van der Waals surface area contributed by atoms with E-state index in [1.165, 1.54) is 78.2 Å². The van der Waals surface area contributed by atoms with Crippen LogP contribution in [0.1, 0.15) is 83.3 Å². The fourth-order valence-electron chi connectivity index (χ4n) is 5.47. The minimum absolute atomic E-state index is 0. The molecule has 4 rings (SSSR count). The summed E-state index contributed by atoms with van der Waals surface area (Å²) in [5, 5.41) is 2.66. The molecule has 0 radical (unpaired) electrons. The third-order valence-corrected chi connectivity index (χ3v) is 7.48. The van der Waals surface area contributed by atoms with Gasteiger partial charge in [-0.2, -0.15) is 4.58 Å². The summed E-state index contributed by atoms with van der Waals surface area (Å²) in [6.07, 6.45) is 15.1. The fourth-order valence-corrected chi connectivity index (χ4v) is 5.47. The topological polar surface area (TPSA) is 12.2 Å². The van der Waals surface area contributed by atoms with E-state index in [-0.39, 0.29) is 29.4 Å². The second-order valence-corrected chi connectivity index (χ2v) is 10.5. The molecule has 0 saturated carbocycles. The Hall–Kier alpha value is -2.14. The molecular weight excluding hydrogens is 553 g/mol. The molecule has 36 heavy (non-hydrogen) atoms. The molecule has 1 heterocycles. The van der Waals surface area contributed by atoms with Crippen molar-refractivity contribution < 1.29 is 33.3 Å². The highest BCUT2D eigenvalue weighted by Crippen LogP contribution is 2.43. The van der Waals surface area contributed by atoms with Gasteiger partial charge in [-0.3, -0.25) is 0 Å². The Bertz CT molecular complexity index is 1190. The van der Waals surface area contributed by atoms with Gasteiger partial charge in [0.25, 0.3) is 0 Å². The number of hydrogen-bond acceptors (Lipinski definition) is 1. The van der Waals surface area contributed by atoms with Crippen LogP contribution >= 0.6 is 0 Å². The van der Waals surface area contributed by atoms with Crippen molar-refractivity contribution in [3.05, 3.63) is 77.9 Å². The highest BCUT2D eigenvalue weighted by Gasteiger charge is 2.44. The molecule has 1 aliphatic heterocycles. The smallest absolute Gasteiger partial charge is 0.210 e. The molecule has 0 fully saturated rings. The van der Waals surface area contributed by atoms with Crippen LogP contribution in [0, 0.1) is 0 Å². The molecule has 0 saturated heterocycles. The average Bonchev–Trinajstić information content (AvgIpc) is 3.07. The number of fused-ring (bicyclic) bond motifs is 3. The average molecular weight is 596 g/mol. The second kappa shape index (κ2) is 13.4. The Kier molecular flexibility index (Phi) is 10.6. The van der Waals surface area contributed by atoms with Crippen LogP contribution in [-0.2, 0) is 5.41 Å². The van der Waals surface area contributed by atoms with E-state index >= 15 is 0 Å². The molecule has 0 unspecified atom stereocenters. The summed E-state index contributed by atoms with van der Waals surface area (Å²) in [5.74, 6) is 0.968. The van der Waals surface area contributed by atoms with Gasteiger partial charge >= 0.3 is 0 Å². The van der Waals surface area contributed by atoms with Crippen LogP contribution in [0.2, 0.25) is 0 Å². The first-order chi connectivity index (χ1) is 17.0. The van der Waals surface area contributed by atoms with Crippen LogP contribution in [0.3, 0.4) is 0 Å². The van der Waals surface area contributed by atoms with E-state index in [0.717, 1.165) is 18.8 Å². The van der Waals surface area contributed by atoms with Crippen molar-refractivity contribution in [2.24, 2.45) is 0 Å². The lowest BCUT2D eigenvalue weighted by molar-refractivity contribution is -0.401. The monoisotopic (exact) mass is 595 g/mol. The third kappa shape index (κ3) is 6.59. The van der Waals surface area contributed by atoms with Gasteiger partial charge in [0.1, 0.15) is 12.8 Å². The summed E-state index contributed by atoms with van der Waals surface area (Å²) in [6, 6.07) is 21.7. The standard InChI is InChI=1S/C33H42NO.HI/c1-5-6-7-8-9-10-11-14-25-35-28-21-17-26(18-22-28)19-24-31-33(2,3)32-29-16-13-12-15-27(29)20-23-30(32)34(31)4;/h12-13,15-24H,5-11,14,25H2,1-4H3;1H/q+1;/p-1/b24-19+;. The van der Waals surface area contributed by atoms with E-state index < -0.39 is 0 Å². The third-order valence-electron chi connectivity index (χ3n) is 7.48. The number of nitrogens with zero attached hydrogens (tertiary/aromatic N) is 1. The van der Waals surface area contributed by atoms with Crippen molar-refractivity contribution in [3.63, 3.8) is 0 Å². The van der Waals surface area contributed by atoms with Crippen molar-refractivity contribution in [1.29, 1.82) is 0 Å². The van der Waals surface area contributed by atoms with Gasteiger partial charge in [0.05, 0.1) is 12.0 Å². The number of halogens is 1. The van der Waals surface area contributed by atoms with Gasteiger partial charge in [0.15, 0.2) is 5.71 Å². The van der Waals surface area contributed by atoms with Crippen molar-refractivity contribution in [2.45, 2.75) is 77.6 Å². The Balaban J connectivity index is 0.00000361. The zero-order valence-electron chi connectivity index (χ0n) is 22.5. The molecule has 0 bridgehead atoms. The largest absolute Gasteiger partial charge is 1.00 e. The highest BCUT2D eigenvalue weighted by molar-refractivity contribution is 6.09. The molecule has 1 aliphatic rings. The Labute approximate surface area is 235 Å². The molecule has 192 valence electrons. The van der Waals surface area contributed by atoms with Gasteiger partial charge in [0.2, 0.25) is 5.69 Å². The fraction of sp³-hybridized carbons (Fsp3) is 0.424. The summed E-state index contributed by atoms with van der Waals surface area (Å²) in [5.41, 5.74) is 5.18. The van der Waals surface area contributed by atoms with Crippen LogP contribution in [0.25, 0.3) is 16.8 Å². The van der Waals surface area contributed by atoms with Gasteiger partial charge in [-0.05, 0) is 60.9 Å². The Morgan fingerprint density at radius 3 is 2.17 bits per heavy atom. The quantitative estimate of drug-likeness (QED) is 0.140. The molecule has 3 aromatic carbocycles. The van der Waals surface area contributed by atoms with E-state index in [1.807, 2.05) is 0 Å². The maximum absolute atomic E-state index is 5.98. The van der Waals surface area contributed by atoms with Gasteiger partial charge in [-0.1, -0.05) is 88.3 Å². The molecule has 0 aliphatic carbocycles. The van der Waals surface area contributed by atoms with Crippen LogP contribution in [-0.4, -0.2) is 23.9 Å². The zero-order valence-corrected chi connectivity index (χ0v) is 24.7. The first-order valence-electron chi connectivity index (χ1n) is 13.6. The molecule has 0 atom stereocenters. The van der Waals surface area contributed by atoms with E-state index in [0.29, 0.717) is 0 Å². The van der Waals surface area contributed by atoms with E-state index in [1.54, 1.807) is 0 Å². The first-order valence-corrected chi connectivity index (χ1v) is 13.6. The number of unbranched alkanes of at least 4 members (excludes halogenated alkanes) is 7. The summed E-state index contributed by atoms with van der Waals surface area (Å²) in [6.45, 7) is 7.76.